The summed E-state index contributed by atoms with van der Waals surface area (Å²) < 4.78 is 0. The van der Waals surface area contributed by atoms with E-state index in [2.05, 4.69) is 16.4 Å². The van der Waals surface area contributed by atoms with Crippen molar-refractivity contribution in [3.63, 3.8) is 0 Å². The molecule has 0 saturated heterocycles. The van der Waals surface area contributed by atoms with Crippen molar-refractivity contribution in [2.75, 3.05) is 11.1 Å². The molecule has 3 N–H and O–H groups in total. The molecule has 3 rings (SSSR count). The average Bonchev–Trinajstić information content (AvgIpc) is 2.51. The predicted molar refractivity (Wildman–Crippen MR) is 80.6 cm³/mol. The fourth-order valence-electron chi connectivity index (χ4n) is 2.13. The second kappa shape index (κ2) is 4.90. The number of pyridine rings is 1. The van der Waals surface area contributed by atoms with Crippen LogP contribution in [0.15, 0.2) is 54.7 Å². The zero-order valence-corrected chi connectivity index (χ0v) is 10.7. The van der Waals surface area contributed by atoms with E-state index in [0.29, 0.717) is 11.3 Å². The van der Waals surface area contributed by atoms with E-state index in [1.165, 1.54) is 0 Å². The summed E-state index contributed by atoms with van der Waals surface area (Å²) in [6.45, 7) is 0. The van der Waals surface area contributed by atoms with Crippen molar-refractivity contribution >= 4 is 28.0 Å². The molecule has 1 heterocycles. The number of nitrogen functional groups attached to an aromatic ring is 1. The quantitative estimate of drug-likeness (QED) is 0.692. The highest BCUT2D eigenvalue weighted by Crippen LogP contribution is 2.29. The standard InChI is InChI=1S/C16H12N4/c17-10-11-4-1-2-6-14(11)20-15-8-7-13(18)12-5-3-9-19-16(12)15/h1-9,20H,18H2. The van der Waals surface area contributed by atoms with Crippen LogP contribution in [0.4, 0.5) is 17.1 Å². The highest BCUT2D eigenvalue weighted by molar-refractivity contribution is 5.99. The van der Waals surface area contributed by atoms with Crippen molar-refractivity contribution in [3.8, 4) is 6.07 Å². The number of aromatic nitrogens is 1. The van der Waals surface area contributed by atoms with Gasteiger partial charge in [-0.2, -0.15) is 5.26 Å². The molecule has 0 radical (unpaired) electrons. The molecule has 0 unspecified atom stereocenters. The molecule has 1 aromatic heterocycles. The molecule has 2 aromatic carbocycles. The van der Waals surface area contributed by atoms with Gasteiger partial charge in [0, 0.05) is 17.3 Å². The highest BCUT2D eigenvalue weighted by Gasteiger charge is 2.07. The third kappa shape index (κ3) is 2.02. The summed E-state index contributed by atoms with van der Waals surface area (Å²) in [6, 6.07) is 17.0. The molecule has 0 aliphatic heterocycles. The minimum atomic E-state index is 0.591. The summed E-state index contributed by atoms with van der Waals surface area (Å²) in [7, 11) is 0. The minimum absolute atomic E-state index is 0.591. The average molecular weight is 260 g/mol. The van der Waals surface area contributed by atoms with Crippen molar-refractivity contribution < 1.29 is 0 Å². The van der Waals surface area contributed by atoms with E-state index in [1.54, 1.807) is 12.3 Å². The lowest BCUT2D eigenvalue weighted by Crippen LogP contribution is -1.97. The molecule has 3 aromatic rings. The summed E-state index contributed by atoms with van der Waals surface area (Å²) in [4.78, 5) is 4.37. The number of benzene rings is 2. The molecule has 0 amide bonds. The topological polar surface area (TPSA) is 74.7 Å². The van der Waals surface area contributed by atoms with Crippen LogP contribution in [0.1, 0.15) is 5.56 Å². The first-order valence-corrected chi connectivity index (χ1v) is 6.19. The van der Waals surface area contributed by atoms with Gasteiger partial charge < -0.3 is 11.1 Å². The van der Waals surface area contributed by atoms with Crippen LogP contribution in [-0.4, -0.2) is 4.98 Å². The molecule has 0 aliphatic rings. The zero-order valence-electron chi connectivity index (χ0n) is 10.7. The smallest absolute Gasteiger partial charge is 0.101 e. The Balaban J connectivity index is 2.12. The SMILES string of the molecule is N#Cc1ccccc1Nc1ccc(N)c2cccnc12. The third-order valence-electron chi connectivity index (χ3n) is 3.12. The second-order valence-corrected chi connectivity index (χ2v) is 4.38. The maximum atomic E-state index is 9.13. The zero-order chi connectivity index (χ0) is 13.9. The number of rotatable bonds is 2. The number of nitrogens with one attached hydrogen (secondary N) is 1. The summed E-state index contributed by atoms with van der Waals surface area (Å²) in [6.07, 6.45) is 1.73. The predicted octanol–water partition coefficient (Wildman–Crippen LogP) is 3.43. The van der Waals surface area contributed by atoms with E-state index in [1.807, 2.05) is 42.5 Å². The normalized spacial score (nSPS) is 10.2. The number of hydrogen-bond donors (Lipinski definition) is 2. The number of para-hydroxylation sites is 1. The Hall–Kier alpha value is -3.06. The number of nitrogens with zero attached hydrogens (tertiary/aromatic N) is 2. The van der Waals surface area contributed by atoms with E-state index >= 15 is 0 Å². The molecule has 0 atom stereocenters. The Kier molecular flexibility index (Phi) is 2.94. The van der Waals surface area contributed by atoms with E-state index in [0.717, 1.165) is 22.3 Å². The van der Waals surface area contributed by atoms with Gasteiger partial charge in [-0.1, -0.05) is 12.1 Å². The first-order valence-electron chi connectivity index (χ1n) is 6.19. The Bertz CT molecular complexity index is 818. The monoisotopic (exact) mass is 260 g/mol. The van der Waals surface area contributed by atoms with E-state index in [-0.39, 0.29) is 0 Å². The number of nitrogens with two attached hydrogens (primary N) is 1. The summed E-state index contributed by atoms with van der Waals surface area (Å²) in [5.74, 6) is 0. The van der Waals surface area contributed by atoms with Crippen molar-refractivity contribution in [1.82, 2.24) is 4.98 Å². The molecule has 0 spiro atoms. The highest BCUT2D eigenvalue weighted by atomic mass is 14.9. The molecule has 0 saturated carbocycles. The van der Waals surface area contributed by atoms with Gasteiger partial charge in [0.1, 0.15) is 6.07 Å². The van der Waals surface area contributed by atoms with Gasteiger partial charge in [-0.05, 0) is 36.4 Å². The summed E-state index contributed by atoms with van der Waals surface area (Å²) in [5, 5.41) is 13.3. The second-order valence-electron chi connectivity index (χ2n) is 4.38. The molecule has 4 nitrogen and oxygen atoms in total. The van der Waals surface area contributed by atoms with E-state index in [9.17, 15) is 0 Å². The molecule has 4 heteroatoms. The van der Waals surface area contributed by atoms with Crippen LogP contribution in [0.5, 0.6) is 0 Å². The van der Waals surface area contributed by atoms with Gasteiger partial charge >= 0.3 is 0 Å². The van der Waals surface area contributed by atoms with Gasteiger partial charge in [-0.15, -0.1) is 0 Å². The van der Waals surface area contributed by atoms with Crippen LogP contribution in [-0.2, 0) is 0 Å². The third-order valence-corrected chi connectivity index (χ3v) is 3.12. The van der Waals surface area contributed by atoms with Gasteiger partial charge in [-0.3, -0.25) is 4.98 Å². The van der Waals surface area contributed by atoms with Gasteiger partial charge in [0.2, 0.25) is 0 Å². The molecule has 20 heavy (non-hydrogen) atoms. The van der Waals surface area contributed by atoms with Crippen molar-refractivity contribution in [2.45, 2.75) is 0 Å². The van der Waals surface area contributed by atoms with Crippen LogP contribution in [0, 0.1) is 11.3 Å². The minimum Gasteiger partial charge on any atom is -0.398 e. The van der Waals surface area contributed by atoms with Crippen molar-refractivity contribution in [1.29, 1.82) is 5.26 Å². The first kappa shape index (κ1) is 12.0. The largest absolute Gasteiger partial charge is 0.398 e. The lowest BCUT2D eigenvalue weighted by molar-refractivity contribution is 1.40. The van der Waals surface area contributed by atoms with Gasteiger partial charge in [-0.25, -0.2) is 0 Å². The van der Waals surface area contributed by atoms with Crippen LogP contribution in [0.2, 0.25) is 0 Å². The Morgan fingerprint density at radius 2 is 1.85 bits per heavy atom. The Morgan fingerprint density at radius 3 is 2.70 bits per heavy atom. The molecule has 0 bridgehead atoms. The Labute approximate surface area is 116 Å². The molecule has 96 valence electrons. The number of nitriles is 1. The van der Waals surface area contributed by atoms with Crippen molar-refractivity contribution in [3.05, 3.63) is 60.3 Å². The molecular formula is C16H12N4. The van der Waals surface area contributed by atoms with Crippen LogP contribution < -0.4 is 11.1 Å². The lowest BCUT2D eigenvalue weighted by atomic mass is 10.1. The first-order chi connectivity index (χ1) is 9.79. The maximum Gasteiger partial charge on any atom is 0.101 e. The van der Waals surface area contributed by atoms with E-state index in [4.69, 9.17) is 11.0 Å². The lowest BCUT2D eigenvalue weighted by Gasteiger charge is -2.11. The van der Waals surface area contributed by atoms with E-state index < -0.39 is 0 Å². The number of fused-ring (bicyclic) bond motifs is 1. The molecular weight excluding hydrogens is 248 g/mol. The number of hydrogen-bond acceptors (Lipinski definition) is 4. The number of anilines is 3. The van der Waals surface area contributed by atoms with Gasteiger partial charge in [0.05, 0.1) is 22.5 Å². The fourth-order valence-corrected chi connectivity index (χ4v) is 2.13. The molecule has 0 aliphatic carbocycles. The van der Waals surface area contributed by atoms with Crippen LogP contribution >= 0.6 is 0 Å². The fraction of sp³-hybridized carbons (Fsp3) is 0. The van der Waals surface area contributed by atoms with Crippen LogP contribution in [0.3, 0.4) is 0 Å². The summed E-state index contributed by atoms with van der Waals surface area (Å²) >= 11 is 0. The van der Waals surface area contributed by atoms with Crippen molar-refractivity contribution in [2.24, 2.45) is 0 Å². The van der Waals surface area contributed by atoms with Crippen LogP contribution in [0.25, 0.3) is 10.9 Å². The maximum absolute atomic E-state index is 9.13. The van der Waals surface area contributed by atoms with Gasteiger partial charge in [0.25, 0.3) is 0 Å². The Morgan fingerprint density at radius 1 is 1.00 bits per heavy atom. The van der Waals surface area contributed by atoms with Gasteiger partial charge in [0.15, 0.2) is 0 Å². The molecule has 0 fully saturated rings. The summed E-state index contributed by atoms with van der Waals surface area (Å²) in [5.41, 5.74) is 9.61.